The van der Waals surface area contributed by atoms with Crippen LogP contribution in [0, 0.1) is 6.92 Å². The maximum Gasteiger partial charge on any atom is 0.217 e. The molecule has 0 fully saturated rings. The zero-order valence-corrected chi connectivity index (χ0v) is 8.36. The number of carbonyl (C=O) groups is 1. The maximum atomic E-state index is 10.4. The summed E-state index contributed by atoms with van der Waals surface area (Å²) in [6.07, 6.45) is 4.03. The van der Waals surface area contributed by atoms with Crippen molar-refractivity contribution < 1.29 is 4.79 Å². The molecule has 1 aromatic rings. The summed E-state index contributed by atoms with van der Waals surface area (Å²) in [5.74, 6) is 0.320. The number of hydrogen-bond donors (Lipinski definition) is 2. The second-order valence-corrected chi connectivity index (χ2v) is 3.38. The van der Waals surface area contributed by atoms with E-state index in [1.165, 1.54) is 0 Å². The summed E-state index contributed by atoms with van der Waals surface area (Å²) in [6, 6.07) is 0. The lowest BCUT2D eigenvalue weighted by Crippen LogP contribution is -2.10. The highest BCUT2D eigenvalue weighted by molar-refractivity contribution is 5.73. The summed E-state index contributed by atoms with van der Waals surface area (Å²) in [5, 5.41) is 4.11. The number of rotatable bonds is 5. The molecule has 1 heterocycles. The standard InChI is InChI=1S/C9H16N4O/c1-7-6-13(12-9(7)11)5-3-2-4-8(10)14/h6H,2-5H2,1H3,(H2,10,14)(H2,11,12). The molecular weight excluding hydrogens is 180 g/mol. The number of carbonyl (C=O) groups excluding carboxylic acids is 1. The zero-order chi connectivity index (χ0) is 10.6. The molecule has 5 heteroatoms. The molecule has 0 saturated carbocycles. The van der Waals surface area contributed by atoms with Crippen LogP contribution in [0.2, 0.25) is 0 Å². The van der Waals surface area contributed by atoms with E-state index in [-0.39, 0.29) is 5.91 Å². The average molecular weight is 196 g/mol. The Bertz CT molecular complexity index is 299. The van der Waals surface area contributed by atoms with Crippen LogP contribution in [0.25, 0.3) is 0 Å². The molecule has 14 heavy (non-hydrogen) atoms. The van der Waals surface area contributed by atoms with Crippen LogP contribution < -0.4 is 11.5 Å². The van der Waals surface area contributed by atoms with E-state index < -0.39 is 0 Å². The minimum atomic E-state index is -0.249. The number of primary amides is 1. The molecule has 0 spiro atoms. The molecule has 0 unspecified atom stereocenters. The lowest BCUT2D eigenvalue weighted by Gasteiger charge is -1.99. The van der Waals surface area contributed by atoms with Gasteiger partial charge in [-0.25, -0.2) is 0 Å². The molecule has 0 atom stereocenters. The second-order valence-electron chi connectivity index (χ2n) is 3.38. The van der Waals surface area contributed by atoms with Crippen molar-refractivity contribution >= 4 is 11.7 Å². The topological polar surface area (TPSA) is 86.9 Å². The Labute approximate surface area is 83.1 Å². The predicted molar refractivity (Wildman–Crippen MR) is 54.4 cm³/mol. The summed E-state index contributed by atoms with van der Waals surface area (Å²) >= 11 is 0. The van der Waals surface area contributed by atoms with Crippen LogP contribution in [0.1, 0.15) is 24.8 Å². The van der Waals surface area contributed by atoms with E-state index in [9.17, 15) is 4.79 Å². The van der Waals surface area contributed by atoms with Gasteiger partial charge in [0, 0.05) is 24.7 Å². The number of hydrogen-bond acceptors (Lipinski definition) is 3. The predicted octanol–water partition coefficient (Wildman–Crippen LogP) is 0.429. The molecule has 0 aliphatic rings. The third-order valence-corrected chi connectivity index (χ3v) is 2.04. The Hall–Kier alpha value is -1.52. The molecule has 5 nitrogen and oxygen atoms in total. The summed E-state index contributed by atoms with van der Waals surface area (Å²) in [5.41, 5.74) is 11.6. The normalized spacial score (nSPS) is 10.4. The van der Waals surface area contributed by atoms with Crippen LogP contribution in [0.3, 0.4) is 0 Å². The van der Waals surface area contributed by atoms with Crippen LogP contribution >= 0.6 is 0 Å². The summed E-state index contributed by atoms with van der Waals surface area (Å²) in [4.78, 5) is 10.4. The summed E-state index contributed by atoms with van der Waals surface area (Å²) in [7, 11) is 0. The molecule has 1 amide bonds. The van der Waals surface area contributed by atoms with Gasteiger partial charge in [-0.15, -0.1) is 0 Å². The van der Waals surface area contributed by atoms with E-state index >= 15 is 0 Å². The van der Waals surface area contributed by atoms with Gasteiger partial charge in [0.25, 0.3) is 0 Å². The first-order valence-electron chi connectivity index (χ1n) is 4.67. The highest BCUT2D eigenvalue weighted by atomic mass is 16.1. The van der Waals surface area contributed by atoms with Crippen LogP contribution in [0.15, 0.2) is 6.20 Å². The third kappa shape index (κ3) is 3.08. The number of anilines is 1. The fourth-order valence-corrected chi connectivity index (χ4v) is 1.22. The lowest BCUT2D eigenvalue weighted by molar-refractivity contribution is -0.118. The Morgan fingerprint density at radius 2 is 2.29 bits per heavy atom. The fourth-order valence-electron chi connectivity index (χ4n) is 1.22. The van der Waals surface area contributed by atoms with Crippen molar-refractivity contribution in [1.29, 1.82) is 0 Å². The van der Waals surface area contributed by atoms with Gasteiger partial charge in [0.1, 0.15) is 5.82 Å². The highest BCUT2D eigenvalue weighted by Crippen LogP contribution is 2.07. The number of nitrogens with two attached hydrogens (primary N) is 2. The maximum absolute atomic E-state index is 10.4. The molecule has 0 aliphatic carbocycles. The van der Waals surface area contributed by atoms with Crippen LogP contribution in [-0.4, -0.2) is 15.7 Å². The molecule has 0 aliphatic heterocycles. The Morgan fingerprint density at radius 1 is 1.57 bits per heavy atom. The quantitative estimate of drug-likeness (QED) is 0.669. The minimum Gasteiger partial charge on any atom is -0.382 e. The first-order valence-corrected chi connectivity index (χ1v) is 4.67. The summed E-state index contributed by atoms with van der Waals surface area (Å²) in [6.45, 7) is 2.70. The number of nitrogen functional groups attached to an aromatic ring is 1. The van der Waals surface area contributed by atoms with Gasteiger partial charge in [-0.2, -0.15) is 5.10 Å². The monoisotopic (exact) mass is 196 g/mol. The molecular formula is C9H16N4O. The van der Waals surface area contributed by atoms with Gasteiger partial charge in [-0.05, 0) is 19.8 Å². The molecule has 0 radical (unpaired) electrons. The van der Waals surface area contributed by atoms with Gasteiger partial charge in [0.2, 0.25) is 5.91 Å². The van der Waals surface area contributed by atoms with Crippen molar-refractivity contribution in [1.82, 2.24) is 9.78 Å². The molecule has 0 saturated heterocycles. The van der Waals surface area contributed by atoms with Crippen molar-refractivity contribution in [2.75, 3.05) is 5.73 Å². The smallest absolute Gasteiger partial charge is 0.217 e. The zero-order valence-electron chi connectivity index (χ0n) is 8.36. The number of amides is 1. The van der Waals surface area contributed by atoms with Crippen LogP contribution in [0.4, 0.5) is 5.82 Å². The van der Waals surface area contributed by atoms with E-state index in [1.807, 2.05) is 13.1 Å². The number of aryl methyl sites for hydroxylation is 2. The first kappa shape index (κ1) is 10.6. The average Bonchev–Trinajstić information content (AvgIpc) is 2.40. The number of nitrogens with zero attached hydrogens (tertiary/aromatic N) is 2. The molecule has 78 valence electrons. The molecule has 1 aromatic heterocycles. The van der Waals surface area contributed by atoms with Crippen LogP contribution in [-0.2, 0) is 11.3 Å². The first-order chi connectivity index (χ1) is 6.59. The SMILES string of the molecule is Cc1cn(CCCCC(N)=O)nc1N. The van der Waals surface area contributed by atoms with Gasteiger partial charge >= 0.3 is 0 Å². The fraction of sp³-hybridized carbons (Fsp3) is 0.556. The third-order valence-electron chi connectivity index (χ3n) is 2.04. The van der Waals surface area contributed by atoms with Gasteiger partial charge in [-0.1, -0.05) is 0 Å². The van der Waals surface area contributed by atoms with Crippen molar-refractivity contribution in [3.05, 3.63) is 11.8 Å². The lowest BCUT2D eigenvalue weighted by atomic mass is 10.2. The van der Waals surface area contributed by atoms with E-state index in [4.69, 9.17) is 11.5 Å². The van der Waals surface area contributed by atoms with Gasteiger partial charge < -0.3 is 11.5 Å². The highest BCUT2D eigenvalue weighted by Gasteiger charge is 2.00. The Morgan fingerprint density at radius 3 is 2.79 bits per heavy atom. The van der Waals surface area contributed by atoms with Crippen molar-refractivity contribution in [2.24, 2.45) is 5.73 Å². The summed E-state index contributed by atoms with van der Waals surface area (Å²) < 4.78 is 1.80. The van der Waals surface area contributed by atoms with E-state index in [0.29, 0.717) is 12.2 Å². The van der Waals surface area contributed by atoms with Crippen molar-refractivity contribution in [3.63, 3.8) is 0 Å². The van der Waals surface area contributed by atoms with E-state index in [0.717, 1.165) is 24.9 Å². The Kier molecular flexibility index (Phi) is 3.50. The number of aromatic nitrogens is 2. The van der Waals surface area contributed by atoms with Crippen molar-refractivity contribution in [2.45, 2.75) is 32.7 Å². The van der Waals surface area contributed by atoms with Crippen LogP contribution in [0.5, 0.6) is 0 Å². The molecule has 0 aromatic carbocycles. The second kappa shape index (κ2) is 4.64. The minimum absolute atomic E-state index is 0.249. The van der Waals surface area contributed by atoms with Gasteiger partial charge in [0.05, 0.1) is 0 Å². The molecule has 0 bridgehead atoms. The molecule has 4 N–H and O–H groups in total. The van der Waals surface area contributed by atoms with E-state index in [2.05, 4.69) is 5.10 Å². The largest absolute Gasteiger partial charge is 0.382 e. The Balaban J connectivity index is 2.28. The molecule has 1 rings (SSSR count). The van der Waals surface area contributed by atoms with Gasteiger partial charge in [0.15, 0.2) is 0 Å². The van der Waals surface area contributed by atoms with E-state index in [1.54, 1.807) is 4.68 Å². The van der Waals surface area contributed by atoms with Crippen molar-refractivity contribution in [3.8, 4) is 0 Å². The number of unbranched alkanes of at least 4 members (excludes halogenated alkanes) is 1. The van der Waals surface area contributed by atoms with Gasteiger partial charge in [-0.3, -0.25) is 9.48 Å².